The van der Waals surface area contributed by atoms with Gasteiger partial charge in [0.05, 0.1) is 6.61 Å². The number of aryl methyl sites for hydroxylation is 1. The van der Waals surface area contributed by atoms with E-state index in [1.54, 1.807) is 19.1 Å². The second-order valence-corrected chi connectivity index (χ2v) is 4.75. The van der Waals surface area contributed by atoms with Crippen molar-refractivity contribution in [3.63, 3.8) is 0 Å². The predicted molar refractivity (Wildman–Crippen MR) is 63.4 cm³/mol. The molecule has 1 aromatic rings. The molecule has 5 nitrogen and oxygen atoms in total. The Morgan fingerprint density at radius 1 is 1.28 bits per heavy atom. The van der Waals surface area contributed by atoms with Crippen molar-refractivity contribution in [3.8, 4) is 11.5 Å². The van der Waals surface area contributed by atoms with Crippen molar-refractivity contribution in [2.45, 2.75) is 25.9 Å². The van der Waals surface area contributed by atoms with Gasteiger partial charge in [-0.3, -0.25) is 0 Å². The highest BCUT2D eigenvalue weighted by molar-refractivity contribution is 5.77. The van der Waals surface area contributed by atoms with Gasteiger partial charge >= 0.3 is 5.97 Å². The van der Waals surface area contributed by atoms with Gasteiger partial charge in [0.15, 0.2) is 17.6 Å². The van der Waals surface area contributed by atoms with Crippen LogP contribution in [0.2, 0.25) is 0 Å². The first-order chi connectivity index (χ1) is 8.43. The van der Waals surface area contributed by atoms with Crippen molar-refractivity contribution in [2.24, 2.45) is 5.92 Å². The van der Waals surface area contributed by atoms with Gasteiger partial charge in [0.1, 0.15) is 0 Å². The Balaban J connectivity index is 2.46. The van der Waals surface area contributed by atoms with E-state index in [9.17, 15) is 20.1 Å². The van der Waals surface area contributed by atoms with Crippen LogP contribution in [0.3, 0.4) is 0 Å². The first kappa shape index (κ1) is 12.7. The number of esters is 1. The molecule has 3 atom stereocenters. The predicted octanol–water partition coefficient (Wildman–Crippen LogP) is 1.04. The second-order valence-electron chi connectivity index (χ2n) is 4.75. The minimum absolute atomic E-state index is 0.134. The van der Waals surface area contributed by atoms with Crippen LogP contribution in [0.1, 0.15) is 24.0 Å². The van der Waals surface area contributed by atoms with E-state index in [2.05, 4.69) is 0 Å². The molecule has 1 heterocycles. The topological polar surface area (TPSA) is 87.0 Å². The van der Waals surface area contributed by atoms with Crippen molar-refractivity contribution < 1.29 is 24.9 Å². The highest BCUT2D eigenvalue weighted by Crippen LogP contribution is 2.42. The first-order valence-electron chi connectivity index (χ1n) is 5.79. The summed E-state index contributed by atoms with van der Waals surface area (Å²) in [6.07, 6.45) is -1.32. The molecule has 0 aromatic heterocycles. The van der Waals surface area contributed by atoms with E-state index in [4.69, 9.17) is 4.74 Å². The zero-order chi connectivity index (χ0) is 13.4. The van der Waals surface area contributed by atoms with E-state index in [0.29, 0.717) is 11.1 Å². The Morgan fingerprint density at radius 2 is 1.94 bits per heavy atom. The van der Waals surface area contributed by atoms with Crippen LogP contribution in [0.5, 0.6) is 11.5 Å². The molecule has 2 rings (SSSR count). The lowest BCUT2D eigenvalue weighted by Crippen LogP contribution is -2.40. The monoisotopic (exact) mass is 252 g/mol. The fraction of sp³-hybridized carbons (Fsp3) is 0.462. The molecule has 0 bridgehead atoms. The van der Waals surface area contributed by atoms with Gasteiger partial charge in [-0.25, -0.2) is 4.79 Å². The van der Waals surface area contributed by atoms with E-state index in [0.717, 1.165) is 0 Å². The minimum Gasteiger partial charge on any atom is -0.504 e. The summed E-state index contributed by atoms with van der Waals surface area (Å²) in [6.45, 7) is 3.67. The van der Waals surface area contributed by atoms with Gasteiger partial charge < -0.3 is 20.1 Å². The molecular weight excluding hydrogens is 236 g/mol. The molecule has 1 saturated heterocycles. The van der Waals surface area contributed by atoms with Gasteiger partial charge in [0.2, 0.25) is 0 Å². The van der Waals surface area contributed by atoms with Gasteiger partial charge in [-0.1, -0.05) is 19.1 Å². The van der Waals surface area contributed by atoms with Gasteiger partial charge in [-0.05, 0) is 12.5 Å². The molecule has 5 heteroatoms. The van der Waals surface area contributed by atoms with Gasteiger partial charge in [0, 0.05) is 17.4 Å². The summed E-state index contributed by atoms with van der Waals surface area (Å²) in [5, 5.41) is 29.5. The fourth-order valence-electron chi connectivity index (χ4n) is 2.30. The molecule has 0 saturated carbocycles. The molecule has 0 spiro atoms. The maximum atomic E-state index is 11.4. The average Bonchev–Trinajstić information content (AvgIpc) is 2.34. The lowest BCUT2D eigenvalue weighted by Gasteiger charge is -2.32. The quantitative estimate of drug-likeness (QED) is 0.513. The van der Waals surface area contributed by atoms with Crippen LogP contribution in [0.15, 0.2) is 12.1 Å². The third kappa shape index (κ3) is 1.90. The molecular formula is C13H16O5. The number of aromatic hydroxyl groups is 2. The normalized spacial score (nSPS) is 27.9. The number of hydrogen-bond acceptors (Lipinski definition) is 5. The molecule has 98 valence electrons. The molecule has 1 aliphatic heterocycles. The van der Waals surface area contributed by atoms with E-state index >= 15 is 0 Å². The van der Waals surface area contributed by atoms with E-state index in [1.165, 1.54) is 0 Å². The Morgan fingerprint density at radius 3 is 2.61 bits per heavy atom. The number of carbonyl (C=O) groups is 1. The molecule has 0 radical (unpaired) electrons. The van der Waals surface area contributed by atoms with Crippen LogP contribution in [0, 0.1) is 12.8 Å². The van der Waals surface area contributed by atoms with Crippen LogP contribution in [-0.4, -0.2) is 34.0 Å². The number of phenols is 2. The Hall–Kier alpha value is -1.75. The molecule has 0 aliphatic carbocycles. The van der Waals surface area contributed by atoms with Crippen molar-refractivity contribution in [2.75, 3.05) is 6.61 Å². The maximum absolute atomic E-state index is 11.4. The smallest absolute Gasteiger partial charge is 0.335 e. The highest BCUT2D eigenvalue weighted by Gasteiger charge is 2.39. The number of cyclic esters (lactones) is 1. The number of rotatable bonds is 1. The third-order valence-electron chi connectivity index (χ3n) is 3.43. The highest BCUT2D eigenvalue weighted by atomic mass is 16.5. The van der Waals surface area contributed by atoms with Crippen molar-refractivity contribution >= 4 is 5.97 Å². The van der Waals surface area contributed by atoms with Crippen molar-refractivity contribution in [1.29, 1.82) is 0 Å². The number of phenolic OH excluding ortho intramolecular Hbond substituents is 2. The zero-order valence-electron chi connectivity index (χ0n) is 10.3. The van der Waals surface area contributed by atoms with E-state index in [1.807, 2.05) is 6.92 Å². The van der Waals surface area contributed by atoms with E-state index in [-0.39, 0.29) is 24.0 Å². The third-order valence-corrected chi connectivity index (χ3v) is 3.43. The Kier molecular flexibility index (Phi) is 3.17. The zero-order valence-corrected chi connectivity index (χ0v) is 10.3. The maximum Gasteiger partial charge on any atom is 0.335 e. The summed E-state index contributed by atoms with van der Waals surface area (Å²) in [5.74, 6) is -1.90. The summed E-state index contributed by atoms with van der Waals surface area (Å²) in [4.78, 5) is 11.4. The largest absolute Gasteiger partial charge is 0.504 e. The minimum atomic E-state index is -1.32. The van der Waals surface area contributed by atoms with Crippen LogP contribution in [0.4, 0.5) is 0 Å². The molecule has 1 fully saturated rings. The summed E-state index contributed by atoms with van der Waals surface area (Å²) in [7, 11) is 0. The van der Waals surface area contributed by atoms with Gasteiger partial charge in [-0.2, -0.15) is 0 Å². The summed E-state index contributed by atoms with van der Waals surface area (Å²) < 4.78 is 4.81. The van der Waals surface area contributed by atoms with Crippen LogP contribution >= 0.6 is 0 Å². The van der Waals surface area contributed by atoms with Crippen molar-refractivity contribution in [1.82, 2.24) is 0 Å². The number of aliphatic hydroxyl groups is 1. The van der Waals surface area contributed by atoms with Crippen molar-refractivity contribution in [3.05, 3.63) is 23.3 Å². The Labute approximate surface area is 105 Å². The molecule has 0 amide bonds. The van der Waals surface area contributed by atoms with Crippen LogP contribution in [-0.2, 0) is 9.53 Å². The SMILES string of the molecule is Cc1ccc(C2C(C)COC(=O)C2O)c(O)c1O. The molecule has 1 aliphatic rings. The number of hydrogen-bond donors (Lipinski definition) is 3. The van der Waals surface area contributed by atoms with E-state index < -0.39 is 18.0 Å². The average molecular weight is 252 g/mol. The molecule has 3 unspecified atom stereocenters. The number of ether oxygens (including phenoxy) is 1. The standard InChI is InChI=1S/C13H16O5/c1-6-3-4-8(11(15)10(6)14)9-7(2)5-18-13(17)12(9)16/h3-4,7,9,12,14-16H,5H2,1-2H3. The molecule has 18 heavy (non-hydrogen) atoms. The first-order valence-corrected chi connectivity index (χ1v) is 5.79. The lowest BCUT2D eigenvalue weighted by atomic mass is 9.81. The van der Waals surface area contributed by atoms with Crippen LogP contribution < -0.4 is 0 Å². The molecule has 1 aromatic carbocycles. The fourth-order valence-corrected chi connectivity index (χ4v) is 2.30. The summed E-state index contributed by atoms with van der Waals surface area (Å²) in [6, 6.07) is 3.26. The second kappa shape index (κ2) is 4.49. The number of benzene rings is 1. The lowest BCUT2D eigenvalue weighted by molar-refractivity contribution is -0.164. The molecule has 3 N–H and O–H groups in total. The Bertz CT molecular complexity index is 483. The van der Waals surface area contributed by atoms with Gasteiger partial charge in [0.25, 0.3) is 0 Å². The number of aliphatic hydroxyl groups excluding tert-OH is 1. The summed E-state index contributed by atoms with van der Waals surface area (Å²) >= 11 is 0. The van der Waals surface area contributed by atoms with Crippen LogP contribution in [0.25, 0.3) is 0 Å². The number of carbonyl (C=O) groups excluding carboxylic acids is 1. The van der Waals surface area contributed by atoms with Gasteiger partial charge in [-0.15, -0.1) is 0 Å². The summed E-state index contributed by atoms with van der Waals surface area (Å²) in [5.41, 5.74) is 0.909.